The smallest absolute Gasteiger partial charge is 0.238 e. The second-order valence-corrected chi connectivity index (χ2v) is 16.0. The van der Waals surface area contributed by atoms with Gasteiger partial charge in [0.25, 0.3) is 0 Å². The van der Waals surface area contributed by atoms with E-state index in [0.29, 0.717) is 41.2 Å². The van der Waals surface area contributed by atoms with Crippen molar-refractivity contribution in [2.24, 2.45) is 23.7 Å². The summed E-state index contributed by atoms with van der Waals surface area (Å²) >= 11 is 0. The molecule has 1 aliphatic rings. The topological polar surface area (TPSA) is 178 Å². The number of aliphatic hydroxyl groups excluding tert-OH is 3. The average Bonchev–Trinajstić information content (AvgIpc) is 3.18. The lowest BCUT2D eigenvalue weighted by atomic mass is 9.85. The summed E-state index contributed by atoms with van der Waals surface area (Å²) in [4.78, 5) is 13.2. The van der Waals surface area contributed by atoms with Crippen LogP contribution in [-0.4, -0.2) is 83.2 Å². The van der Waals surface area contributed by atoms with E-state index in [0.717, 1.165) is 30.4 Å². The molecular formula is C44H64O12. The number of allylic oxidation sites excluding steroid dienone is 1. The van der Waals surface area contributed by atoms with Gasteiger partial charge in [0.1, 0.15) is 46.9 Å². The van der Waals surface area contributed by atoms with E-state index >= 15 is 0 Å². The number of methoxy groups -OCH3 is 2. The van der Waals surface area contributed by atoms with E-state index in [2.05, 4.69) is 34.6 Å². The fraction of sp³-hybridized carbons (Fsp3) is 0.614. The maximum atomic E-state index is 13.2. The van der Waals surface area contributed by atoms with E-state index in [9.17, 15) is 30.3 Å². The van der Waals surface area contributed by atoms with Crippen molar-refractivity contribution in [2.75, 3.05) is 20.8 Å². The molecule has 56 heavy (non-hydrogen) atoms. The Kier molecular flexibility index (Phi) is 16.5. The van der Waals surface area contributed by atoms with Gasteiger partial charge in [-0.25, -0.2) is 0 Å². The molecule has 0 radical (unpaired) electrons. The Morgan fingerprint density at radius 2 is 1.57 bits per heavy atom. The second-order valence-electron chi connectivity index (χ2n) is 16.0. The van der Waals surface area contributed by atoms with Crippen molar-refractivity contribution in [3.8, 4) is 40.1 Å². The number of rotatable bonds is 20. The third-order valence-corrected chi connectivity index (χ3v) is 11.4. The minimum atomic E-state index is -1.62. The SMILES string of the molecule is C/C=C(\C)[C@@H](CCC(C)CCCC(C)C(C)CCC(C)C)OC1C(CO)OC(Oc2cc(O)c3c(=O)c(O)c(-c4ccc(OC)c(OC)c4)oc3c2)C(O)C1O. The Balaban J connectivity index is 1.45. The Morgan fingerprint density at radius 1 is 0.875 bits per heavy atom. The molecule has 0 aliphatic carbocycles. The summed E-state index contributed by atoms with van der Waals surface area (Å²) in [5.41, 5.74) is 0.238. The number of benzene rings is 2. The summed E-state index contributed by atoms with van der Waals surface area (Å²) in [6, 6.07) is 7.06. The molecule has 9 atom stereocenters. The predicted octanol–water partition coefficient (Wildman–Crippen LogP) is 7.72. The first kappa shape index (κ1) is 44.9. The third-order valence-electron chi connectivity index (χ3n) is 11.4. The van der Waals surface area contributed by atoms with Crippen LogP contribution in [0.1, 0.15) is 93.4 Å². The molecule has 312 valence electrons. The normalized spacial score (nSPS) is 22.5. The van der Waals surface area contributed by atoms with E-state index < -0.39 is 54.2 Å². The summed E-state index contributed by atoms with van der Waals surface area (Å²) < 4.78 is 34.8. The number of phenols is 1. The van der Waals surface area contributed by atoms with Gasteiger partial charge in [0, 0.05) is 17.7 Å². The van der Waals surface area contributed by atoms with Gasteiger partial charge in [-0.15, -0.1) is 0 Å². The molecule has 5 N–H and O–H groups in total. The highest BCUT2D eigenvalue weighted by molar-refractivity contribution is 5.88. The highest BCUT2D eigenvalue weighted by atomic mass is 16.7. The van der Waals surface area contributed by atoms with Gasteiger partial charge < -0.3 is 53.6 Å². The quantitative estimate of drug-likeness (QED) is 0.0706. The lowest BCUT2D eigenvalue weighted by Crippen LogP contribution is -2.61. The van der Waals surface area contributed by atoms with Crippen LogP contribution in [0.4, 0.5) is 0 Å². The van der Waals surface area contributed by atoms with Crippen LogP contribution in [-0.2, 0) is 9.47 Å². The van der Waals surface area contributed by atoms with Gasteiger partial charge in [-0.1, -0.05) is 72.8 Å². The van der Waals surface area contributed by atoms with Gasteiger partial charge in [-0.3, -0.25) is 4.79 Å². The maximum Gasteiger partial charge on any atom is 0.238 e. The lowest BCUT2D eigenvalue weighted by molar-refractivity contribution is -0.290. The Bertz CT molecular complexity index is 1800. The highest BCUT2D eigenvalue weighted by Crippen LogP contribution is 2.39. The number of hydrogen-bond donors (Lipinski definition) is 5. The number of fused-ring (bicyclic) bond motifs is 1. The summed E-state index contributed by atoms with van der Waals surface area (Å²) in [6.07, 6.45) is 2.44. The number of ether oxygens (including phenoxy) is 5. The van der Waals surface area contributed by atoms with Gasteiger partial charge in [-0.2, -0.15) is 0 Å². The maximum absolute atomic E-state index is 13.2. The van der Waals surface area contributed by atoms with E-state index in [1.165, 1.54) is 52.0 Å². The molecular weight excluding hydrogens is 720 g/mol. The van der Waals surface area contributed by atoms with Crippen molar-refractivity contribution >= 4 is 11.0 Å². The van der Waals surface area contributed by atoms with Crippen molar-refractivity contribution in [3.63, 3.8) is 0 Å². The molecule has 0 bridgehead atoms. The number of phenolic OH excluding ortho intramolecular Hbond substituents is 1. The van der Waals surface area contributed by atoms with Crippen molar-refractivity contribution in [2.45, 2.75) is 130 Å². The van der Waals surface area contributed by atoms with Crippen LogP contribution in [0.2, 0.25) is 0 Å². The van der Waals surface area contributed by atoms with Gasteiger partial charge in [0.2, 0.25) is 17.5 Å². The predicted molar refractivity (Wildman–Crippen MR) is 215 cm³/mol. The van der Waals surface area contributed by atoms with E-state index in [4.69, 9.17) is 28.1 Å². The molecule has 3 aromatic rings. The zero-order valence-corrected chi connectivity index (χ0v) is 34.5. The first-order valence-electron chi connectivity index (χ1n) is 20.0. The number of aromatic hydroxyl groups is 2. The van der Waals surface area contributed by atoms with E-state index in [1.807, 2.05) is 19.9 Å². The molecule has 2 heterocycles. The van der Waals surface area contributed by atoms with Crippen LogP contribution >= 0.6 is 0 Å². The van der Waals surface area contributed by atoms with Crippen LogP contribution in [0.3, 0.4) is 0 Å². The van der Waals surface area contributed by atoms with Gasteiger partial charge in [0.15, 0.2) is 17.3 Å². The molecule has 0 saturated carbocycles. The lowest BCUT2D eigenvalue weighted by Gasteiger charge is -2.43. The van der Waals surface area contributed by atoms with Crippen LogP contribution in [0.5, 0.6) is 28.7 Å². The molecule has 1 aliphatic heterocycles. The molecule has 4 rings (SSSR count). The summed E-state index contributed by atoms with van der Waals surface area (Å²) in [6.45, 7) is 14.9. The molecule has 1 saturated heterocycles. The first-order chi connectivity index (χ1) is 26.6. The first-order valence-corrected chi connectivity index (χ1v) is 20.0. The summed E-state index contributed by atoms with van der Waals surface area (Å²) in [5, 5.41) is 54.3. The molecule has 2 aromatic carbocycles. The molecule has 1 fully saturated rings. The fourth-order valence-corrected chi connectivity index (χ4v) is 7.27. The molecule has 0 spiro atoms. The number of hydrogen-bond acceptors (Lipinski definition) is 12. The zero-order valence-electron chi connectivity index (χ0n) is 34.5. The number of aliphatic hydroxyl groups is 3. The van der Waals surface area contributed by atoms with Crippen LogP contribution in [0, 0.1) is 23.7 Å². The standard InChI is InChI=1S/C44H64O12/c1-10-26(5)32(18-15-25(4)12-11-13-27(6)28(7)16-14-24(2)3)54-43-36(23-45)56-44(41(50)40(43)49)53-30-21-31(46)37-35(22-30)55-42(39(48)38(37)47)29-17-19-33(51-8)34(20-29)52-9/h10,17,19-22,24-25,27-28,32,36,40-41,43-46,48-50H,11-16,18,23H2,1-9H3/b26-10+/t25?,27?,28?,32-,36?,40?,41?,43?,44?/m1/s1. The largest absolute Gasteiger partial charge is 0.507 e. The second kappa shape index (κ2) is 20.6. The molecule has 12 nitrogen and oxygen atoms in total. The molecule has 8 unspecified atom stereocenters. The van der Waals surface area contributed by atoms with Gasteiger partial charge >= 0.3 is 0 Å². The Morgan fingerprint density at radius 3 is 2.21 bits per heavy atom. The van der Waals surface area contributed by atoms with Crippen LogP contribution in [0.15, 0.2) is 51.2 Å². The van der Waals surface area contributed by atoms with Crippen molar-refractivity contribution in [3.05, 3.63) is 52.2 Å². The van der Waals surface area contributed by atoms with Crippen molar-refractivity contribution in [1.82, 2.24) is 0 Å². The molecule has 12 heteroatoms. The Labute approximate surface area is 331 Å². The third kappa shape index (κ3) is 11.0. The van der Waals surface area contributed by atoms with E-state index in [-0.39, 0.29) is 28.6 Å². The summed E-state index contributed by atoms with van der Waals surface area (Å²) in [7, 11) is 2.91. The average molecular weight is 785 g/mol. The summed E-state index contributed by atoms with van der Waals surface area (Å²) in [5.74, 6) is 1.80. The Hall–Kier alpha value is -3.81. The van der Waals surface area contributed by atoms with Gasteiger partial charge in [-0.05, 0) is 74.1 Å². The fourth-order valence-electron chi connectivity index (χ4n) is 7.27. The van der Waals surface area contributed by atoms with Crippen LogP contribution in [0.25, 0.3) is 22.3 Å². The van der Waals surface area contributed by atoms with Crippen molar-refractivity contribution < 1.29 is 53.6 Å². The van der Waals surface area contributed by atoms with Crippen molar-refractivity contribution in [1.29, 1.82) is 0 Å². The molecule has 1 aromatic heterocycles. The minimum absolute atomic E-state index is 0.0783. The minimum Gasteiger partial charge on any atom is -0.507 e. The zero-order chi connectivity index (χ0) is 41.3. The molecule has 0 amide bonds. The monoisotopic (exact) mass is 784 g/mol. The van der Waals surface area contributed by atoms with Gasteiger partial charge in [0.05, 0.1) is 26.9 Å². The van der Waals surface area contributed by atoms with Crippen LogP contribution < -0.4 is 19.6 Å². The van der Waals surface area contributed by atoms with E-state index in [1.54, 1.807) is 12.1 Å². The highest BCUT2D eigenvalue weighted by Gasteiger charge is 2.47.